The van der Waals surface area contributed by atoms with Gasteiger partial charge in [-0.15, -0.1) is 0 Å². The first-order valence-electron chi connectivity index (χ1n) is 4.54. The lowest BCUT2D eigenvalue weighted by atomic mass is 9.85. The summed E-state index contributed by atoms with van der Waals surface area (Å²) in [6, 6.07) is 4.41. The monoisotopic (exact) mass is 216 g/mol. The van der Waals surface area contributed by atoms with E-state index in [1.165, 1.54) is 12.1 Å². The third kappa shape index (κ3) is 1.91. The molecule has 0 heterocycles. The van der Waals surface area contributed by atoms with Crippen LogP contribution in [-0.4, -0.2) is 5.11 Å². The zero-order chi connectivity index (χ0) is 10.9. The highest BCUT2D eigenvalue weighted by Crippen LogP contribution is 2.35. The molecule has 0 aliphatic rings. The third-order valence-electron chi connectivity index (χ3n) is 2.59. The predicted octanol–water partition coefficient (Wildman–Crippen LogP) is 3.34. The van der Waals surface area contributed by atoms with Crippen LogP contribution in [0.15, 0.2) is 18.2 Å². The van der Waals surface area contributed by atoms with Crippen molar-refractivity contribution in [3.63, 3.8) is 0 Å². The van der Waals surface area contributed by atoms with Gasteiger partial charge in [0.15, 0.2) is 0 Å². The van der Waals surface area contributed by atoms with E-state index >= 15 is 0 Å². The van der Waals surface area contributed by atoms with E-state index in [9.17, 15) is 9.50 Å². The highest BCUT2D eigenvalue weighted by Gasteiger charge is 2.32. The van der Waals surface area contributed by atoms with Crippen molar-refractivity contribution in [1.29, 1.82) is 0 Å². The van der Waals surface area contributed by atoms with E-state index < -0.39 is 11.4 Å². The summed E-state index contributed by atoms with van der Waals surface area (Å²) in [7, 11) is 0. The lowest BCUT2D eigenvalue weighted by Gasteiger charge is -2.29. The maximum absolute atomic E-state index is 13.5. The number of benzene rings is 1. The van der Waals surface area contributed by atoms with Crippen molar-refractivity contribution < 1.29 is 9.50 Å². The van der Waals surface area contributed by atoms with Crippen LogP contribution in [0.25, 0.3) is 0 Å². The lowest BCUT2D eigenvalue weighted by Crippen LogP contribution is -2.29. The minimum Gasteiger partial charge on any atom is -0.385 e. The zero-order valence-corrected chi connectivity index (χ0v) is 9.27. The highest BCUT2D eigenvalue weighted by atomic mass is 35.5. The maximum atomic E-state index is 13.5. The van der Waals surface area contributed by atoms with Crippen LogP contribution in [0.2, 0.25) is 5.02 Å². The summed E-state index contributed by atoms with van der Waals surface area (Å²) >= 11 is 5.86. The van der Waals surface area contributed by atoms with Crippen molar-refractivity contribution in [3.8, 4) is 0 Å². The normalized spacial score (nSPS) is 15.6. The fourth-order valence-electron chi connectivity index (χ4n) is 1.27. The van der Waals surface area contributed by atoms with Crippen LogP contribution in [0.4, 0.5) is 4.39 Å². The Bertz CT molecular complexity index is 314. The van der Waals surface area contributed by atoms with Gasteiger partial charge in [-0.05, 0) is 25.0 Å². The number of hydrogen-bond acceptors (Lipinski definition) is 1. The standard InChI is InChI=1S/C11H14ClFO/c1-7(2)11(3,14)10-8(12)5-4-6-9(10)13/h4-7,14H,1-3H3. The molecule has 1 aromatic carbocycles. The van der Waals surface area contributed by atoms with Gasteiger partial charge in [-0.3, -0.25) is 0 Å². The van der Waals surface area contributed by atoms with E-state index in [1.807, 2.05) is 13.8 Å². The Labute approximate surface area is 88.5 Å². The molecule has 0 fully saturated rings. The smallest absolute Gasteiger partial charge is 0.130 e. The summed E-state index contributed by atoms with van der Waals surface area (Å²) in [6.07, 6.45) is 0. The van der Waals surface area contributed by atoms with Gasteiger partial charge in [-0.25, -0.2) is 4.39 Å². The van der Waals surface area contributed by atoms with Crippen molar-refractivity contribution in [2.45, 2.75) is 26.4 Å². The second-order valence-corrected chi connectivity index (χ2v) is 4.31. The van der Waals surface area contributed by atoms with Gasteiger partial charge in [0.05, 0.1) is 5.60 Å². The first-order chi connectivity index (χ1) is 6.37. The molecule has 1 rings (SSSR count). The lowest BCUT2D eigenvalue weighted by molar-refractivity contribution is 0.00588. The highest BCUT2D eigenvalue weighted by molar-refractivity contribution is 6.31. The van der Waals surface area contributed by atoms with Gasteiger partial charge in [0.1, 0.15) is 5.82 Å². The van der Waals surface area contributed by atoms with E-state index in [1.54, 1.807) is 13.0 Å². The van der Waals surface area contributed by atoms with Gasteiger partial charge < -0.3 is 5.11 Å². The SMILES string of the molecule is CC(C)C(C)(O)c1c(F)cccc1Cl. The topological polar surface area (TPSA) is 20.2 Å². The van der Waals surface area contributed by atoms with Gasteiger partial charge in [0.2, 0.25) is 0 Å². The summed E-state index contributed by atoms with van der Waals surface area (Å²) in [6.45, 7) is 5.22. The molecule has 0 saturated carbocycles. The van der Waals surface area contributed by atoms with Crippen LogP contribution in [0, 0.1) is 11.7 Å². The number of halogens is 2. The van der Waals surface area contributed by atoms with Crippen LogP contribution >= 0.6 is 11.6 Å². The minimum atomic E-state index is -1.23. The second kappa shape index (κ2) is 3.87. The molecule has 1 atom stereocenters. The van der Waals surface area contributed by atoms with Crippen molar-refractivity contribution in [1.82, 2.24) is 0 Å². The summed E-state index contributed by atoms with van der Waals surface area (Å²) in [5.74, 6) is -0.562. The molecule has 1 N–H and O–H groups in total. The largest absolute Gasteiger partial charge is 0.385 e. The van der Waals surface area contributed by atoms with Gasteiger partial charge in [-0.1, -0.05) is 31.5 Å². The van der Waals surface area contributed by atoms with Gasteiger partial charge in [0.25, 0.3) is 0 Å². The van der Waals surface area contributed by atoms with Crippen LogP contribution in [0.5, 0.6) is 0 Å². The van der Waals surface area contributed by atoms with Crippen molar-refractivity contribution >= 4 is 11.6 Å². The summed E-state index contributed by atoms with van der Waals surface area (Å²) in [5.41, 5.74) is -1.06. The predicted molar refractivity (Wildman–Crippen MR) is 55.8 cm³/mol. The van der Waals surface area contributed by atoms with E-state index in [4.69, 9.17) is 11.6 Å². The summed E-state index contributed by atoms with van der Waals surface area (Å²) < 4.78 is 13.5. The molecule has 14 heavy (non-hydrogen) atoms. The molecule has 0 amide bonds. The number of aliphatic hydroxyl groups is 1. The summed E-state index contributed by atoms with van der Waals surface area (Å²) in [4.78, 5) is 0. The Balaban J connectivity index is 3.31. The molecule has 0 aliphatic carbocycles. The van der Waals surface area contributed by atoms with E-state index in [0.717, 1.165) is 0 Å². The Morgan fingerprint density at radius 2 is 2.00 bits per heavy atom. The average Bonchev–Trinajstić information content (AvgIpc) is 2.02. The Morgan fingerprint density at radius 1 is 1.43 bits per heavy atom. The first kappa shape index (κ1) is 11.5. The van der Waals surface area contributed by atoms with E-state index in [0.29, 0.717) is 0 Å². The molecule has 0 radical (unpaired) electrons. The molecule has 78 valence electrons. The van der Waals surface area contributed by atoms with Crippen LogP contribution < -0.4 is 0 Å². The molecule has 0 spiro atoms. The summed E-state index contributed by atoms with van der Waals surface area (Å²) in [5, 5.41) is 10.4. The molecular formula is C11H14ClFO. The molecule has 0 bridgehead atoms. The molecule has 1 unspecified atom stereocenters. The van der Waals surface area contributed by atoms with Gasteiger partial charge in [0, 0.05) is 10.6 Å². The Hall–Kier alpha value is -0.600. The second-order valence-electron chi connectivity index (χ2n) is 3.90. The van der Waals surface area contributed by atoms with Crippen molar-refractivity contribution in [2.24, 2.45) is 5.92 Å². The third-order valence-corrected chi connectivity index (χ3v) is 2.91. The number of rotatable bonds is 2. The van der Waals surface area contributed by atoms with Crippen molar-refractivity contribution in [3.05, 3.63) is 34.6 Å². The molecule has 0 aliphatic heterocycles. The molecule has 1 aromatic rings. The first-order valence-corrected chi connectivity index (χ1v) is 4.92. The van der Waals surface area contributed by atoms with E-state index in [-0.39, 0.29) is 16.5 Å². The Kier molecular flexibility index (Phi) is 3.17. The van der Waals surface area contributed by atoms with Gasteiger partial charge in [-0.2, -0.15) is 0 Å². The number of hydrogen-bond donors (Lipinski definition) is 1. The zero-order valence-electron chi connectivity index (χ0n) is 8.51. The fraction of sp³-hybridized carbons (Fsp3) is 0.455. The van der Waals surface area contributed by atoms with Crippen LogP contribution in [-0.2, 0) is 5.60 Å². The van der Waals surface area contributed by atoms with Gasteiger partial charge >= 0.3 is 0 Å². The molecule has 0 saturated heterocycles. The molecule has 1 nitrogen and oxygen atoms in total. The van der Waals surface area contributed by atoms with Crippen LogP contribution in [0.3, 0.4) is 0 Å². The quantitative estimate of drug-likeness (QED) is 0.804. The molecular weight excluding hydrogens is 203 g/mol. The Morgan fingerprint density at radius 3 is 2.43 bits per heavy atom. The fourth-order valence-corrected chi connectivity index (χ4v) is 1.62. The molecule has 3 heteroatoms. The molecule has 0 aromatic heterocycles. The average molecular weight is 217 g/mol. The van der Waals surface area contributed by atoms with E-state index in [2.05, 4.69) is 0 Å². The van der Waals surface area contributed by atoms with Crippen molar-refractivity contribution in [2.75, 3.05) is 0 Å². The van der Waals surface area contributed by atoms with Crippen LogP contribution in [0.1, 0.15) is 26.3 Å². The minimum absolute atomic E-state index is 0.100. The maximum Gasteiger partial charge on any atom is 0.130 e.